The van der Waals surface area contributed by atoms with Crippen molar-refractivity contribution in [3.63, 3.8) is 0 Å². The molecule has 0 aromatic carbocycles. The fourth-order valence-corrected chi connectivity index (χ4v) is 0.462. The number of hydrogen-bond donors (Lipinski definition) is 2. The minimum absolute atomic E-state index is 0.220. The molecule has 0 saturated heterocycles. The number of carbonyl (C=O) groups is 1. The number of ether oxygens (including phenoxy) is 1. The van der Waals surface area contributed by atoms with Gasteiger partial charge in [0, 0.05) is 6.54 Å². The third-order valence-electron chi connectivity index (χ3n) is 1.00. The quantitative estimate of drug-likeness (QED) is 0.559. The van der Waals surface area contributed by atoms with Crippen molar-refractivity contribution in [3.05, 3.63) is 0 Å². The first-order valence-corrected chi connectivity index (χ1v) is 2.86. The summed E-state index contributed by atoms with van der Waals surface area (Å²) in [6.07, 6.45) is -0.269. The van der Waals surface area contributed by atoms with Gasteiger partial charge < -0.3 is 16.2 Å². The van der Waals surface area contributed by atoms with Crippen LogP contribution < -0.4 is 11.5 Å². The van der Waals surface area contributed by atoms with E-state index in [0.29, 0.717) is 13.0 Å². The second-order valence-electron chi connectivity index (χ2n) is 1.70. The fraction of sp³-hybridized carbons (Fsp3) is 0.800. The summed E-state index contributed by atoms with van der Waals surface area (Å²) in [7, 11) is 0. The Morgan fingerprint density at radius 1 is 1.78 bits per heavy atom. The molecular formula is C5H12N2O2. The Balaban J connectivity index is 3.43. The highest BCUT2D eigenvalue weighted by Crippen LogP contribution is 1.93. The zero-order valence-corrected chi connectivity index (χ0v) is 5.46. The average Bonchev–Trinajstić information content (AvgIpc) is 1.82. The van der Waals surface area contributed by atoms with Gasteiger partial charge >= 0.3 is 6.09 Å². The van der Waals surface area contributed by atoms with Gasteiger partial charge in [-0.25, -0.2) is 4.79 Å². The highest BCUT2D eigenvalue weighted by atomic mass is 16.6. The van der Waals surface area contributed by atoms with E-state index in [1.54, 1.807) is 0 Å². The zero-order valence-electron chi connectivity index (χ0n) is 5.46. The molecule has 1 amide bonds. The molecule has 4 nitrogen and oxygen atoms in total. The van der Waals surface area contributed by atoms with Gasteiger partial charge in [-0.05, 0) is 6.42 Å². The van der Waals surface area contributed by atoms with Crippen molar-refractivity contribution in [2.45, 2.75) is 19.4 Å². The minimum Gasteiger partial charge on any atom is -0.445 e. The number of nitrogens with two attached hydrogens (primary N) is 2. The second kappa shape index (κ2) is 4.14. The van der Waals surface area contributed by atoms with Crippen LogP contribution in [0.2, 0.25) is 0 Å². The maximum Gasteiger partial charge on any atom is 0.404 e. The van der Waals surface area contributed by atoms with Crippen molar-refractivity contribution in [2.75, 3.05) is 6.54 Å². The topological polar surface area (TPSA) is 78.3 Å². The Morgan fingerprint density at radius 3 is 2.44 bits per heavy atom. The maximum absolute atomic E-state index is 10.1. The van der Waals surface area contributed by atoms with Crippen LogP contribution in [0.15, 0.2) is 0 Å². The van der Waals surface area contributed by atoms with Crippen LogP contribution in [0.25, 0.3) is 0 Å². The van der Waals surface area contributed by atoms with Gasteiger partial charge in [0.1, 0.15) is 6.10 Å². The van der Waals surface area contributed by atoms with Crippen LogP contribution in [0.4, 0.5) is 4.79 Å². The molecule has 0 spiro atoms. The molecule has 0 aliphatic carbocycles. The Kier molecular flexibility index (Phi) is 3.79. The summed E-state index contributed by atoms with van der Waals surface area (Å²) in [5, 5.41) is 0. The molecule has 0 heterocycles. The molecule has 0 fully saturated rings. The number of primary amides is 1. The molecule has 0 aliphatic heterocycles. The van der Waals surface area contributed by atoms with Gasteiger partial charge in [0.2, 0.25) is 0 Å². The lowest BCUT2D eigenvalue weighted by Gasteiger charge is -2.10. The monoisotopic (exact) mass is 132 g/mol. The Bertz CT molecular complexity index is 91.0. The molecule has 9 heavy (non-hydrogen) atoms. The average molecular weight is 132 g/mol. The van der Waals surface area contributed by atoms with Gasteiger partial charge in [0.15, 0.2) is 0 Å². The molecule has 0 aliphatic rings. The van der Waals surface area contributed by atoms with Crippen LogP contribution in [-0.2, 0) is 4.74 Å². The predicted molar refractivity (Wildman–Crippen MR) is 33.8 cm³/mol. The number of rotatable bonds is 3. The van der Waals surface area contributed by atoms with Crippen LogP contribution in [0.1, 0.15) is 13.3 Å². The Labute approximate surface area is 54.2 Å². The third kappa shape index (κ3) is 3.78. The molecule has 54 valence electrons. The SMILES string of the molecule is CCC(CN)OC(N)=O. The van der Waals surface area contributed by atoms with Crippen molar-refractivity contribution in [3.8, 4) is 0 Å². The summed E-state index contributed by atoms with van der Waals surface area (Å²) >= 11 is 0. The van der Waals surface area contributed by atoms with Crippen molar-refractivity contribution >= 4 is 6.09 Å². The van der Waals surface area contributed by atoms with Gasteiger partial charge in [-0.1, -0.05) is 6.92 Å². The Morgan fingerprint density at radius 2 is 2.33 bits per heavy atom. The van der Waals surface area contributed by atoms with Gasteiger partial charge in [-0.3, -0.25) is 0 Å². The molecule has 0 radical (unpaired) electrons. The van der Waals surface area contributed by atoms with Gasteiger partial charge in [0.25, 0.3) is 0 Å². The van der Waals surface area contributed by atoms with Crippen LogP contribution in [0.3, 0.4) is 0 Å². The predicted octanol–water partition coefficient (Wildman–Crippen LogP) is -0.181. The maximum atomic E-state index is 10.1. The molecular weight excluding hydrogens is 120 g/mol. The van der Waals surface area contributed by atoms with E-state index in [9.17, 15) is 4.79 Å². The summed E-state index contributed by atoms with van der Waals surface area (Å²) in [6, 6.07) is 0. The molecule has 1 unspecified atom stereocenters. The normalized spacial score (nSPS) is 12.7. The number of carbonyl (C=O) groups excluding carboxylic acids is 1. The van der Waals surface area contributed by atoms with E-state index in [0.717, 1.165) is 0 Å². The molecule has 0 aromatic rings. The van der Waals surface area contributed by atoms with Gasteiger partial charge in [-0.15, -0.1) is 0 Å². The largest absolute Gasteiger partial charge is 0.445 e. The van der Waals surface area contributed by atoms with E-state index in [4.69, 9.17) is 11.5 Å². The lowest BCUT2D eigenvalue weighted by atomic mass is 10.3. The van der Waals surface area contributed by atoms with Crippen LogP contribution in [0.5, 0.6) is 0 Å². The minimum atomic E-state index is -0.757. The highest BCUT2D eigenvalue weighted by Gasteiger charge is 2.05. The van der Waals surface area contributed by atoms with Crippen molar-refractivity contribution in [2.24, 2.45) is 11.5 Å². The van der Waals surface area contributed by atoms with Crippen molar-refractivity contribution in [1.29, 1.82) is 0 Å². The summed E-state index contributed by atoms with van der Waals surface area (Å²) in [6.45, 7) is 2.21. The summed E-state index contributed by atoms with van der Waals surface area (Å²) in [5.74, 6) is 0. The molecule has 0 bridgehead atoms. The van der Waals surface area contributed by atoms with Gasteiger partial charge in [0.05, 0.1) is 0 Å². The van der Waals surface area contributed by atoms with Crippen molar-refractivity contribution in [1.82, 2.24) is 0 Å². The molecule has 0 aromatic heterocycles. The van der Waals surface area contributed by atoms with Crippen molar-refractivity contribution < 1.29 is 9.53 Å². The van der Waals surface area contributed by atoms with Crippen LogP contribution in [0, 0.1) is 0 Å². The first-order chi connectivity index (χ1) is 4.20. The molecule has 1 atom stereocenters. The van der Waals surface area contributed by atoms with Gasteiger partial charge in [-0.2, -0.15) is 0 Å². The lowest BCUT2D eigenvalue weighted by Crippen LogP contribution is -2.28. The van der Waals surface area contributed by atoms with E-state index in [-0.39, 0.29) is 6.10 Å². The van der Waals surface area contributed by atoms with E-state index in [2.05, 4.69) is 4.74 Å². The fourth-order valence-electron chi connectivity index (χ4n) is 0.462. The molecule has 0 saturated carbocycles. The molecule has 0 rings (SSSR count). The van der Waals surface area contributed by atoms with Crippen LogP contribution >= 0.6 is 0 Å². The zero-order chi connectivity index (χ0) is 7.28. The second-order valence-corrected chi connectivity index (χ2v) is 1.70. The smallest absolute Gasteiger partial charge is 0.404 e. The summed E-state index contributed by atoms with van der Waals surface area (Å²) < 4.78 is 4.56. The molecule has 4 heteroatoms. The van der Waals surface area contributed by atoms with E-state index >= 15 is 0 Å². The number of amides is 1. The first-order valence-electron chi connectivity index (χ1n) is 2.86. The summed E-state index contributed by atoms with van der Waals surface area (Å²) in [5.41, 5.74) is 9.93. The summed E-state index contributed by atoms with van der Waals surface area (Å²) in [4.78, 5) is 10.1. The third-order valence-corrected chi connectivity index (χ3v) is 1.00. The van der Waals surface area contributed by atoms with E-state index in [1.165, 1.54) is 0 Å². The first kappa shape index (κ1) is 8.23. The van der Waals surface area contributed by atoms with Crippen LogP contribution in [-0.4, -0.2) is 18.7 Å². The van der Waals surface area contributed by atoms with E-state index < -0.39 is 6.09 Å². The number of hydrogen-bond acceptors (Lipinski definition) is 3. The van der Waals surface area contributed by atoms with E-state index in [1.807, 2.05) is 6.92 Å². The Hall–Kier alpha value is -0.770. The highest BCUT2D eigenvalue weighted by molar-refractivity contribution is 5.64. The standard InChI is InChI=1S/C5H12N2O2/c1-2-4(3-6)9-5(7)8/h4H,2-3,6H2,1H3,(H2,7,8). The lowest BCUT2D eigenvalue weighted by molar-refractivity contribution is 0.108. The molecule has 4 N–H and O–H groups in total.